The molecule has 1 heterocycles. The Morgan fingerprint density at radius 2 is 1.83 bits per heavy atom. The lowest BCUT2D eigenvalue weighted by Gasteiger charge is -2.46. The summed E-state index contributed by atoms with van der Waals surface area (Å²) in [6.45, 7) is 19.7. The molecular weight excluding hydrogens is 558 g/mol. The third-order valence-corrected chi connectivity index (χ3v) is 14.4. The Hall–Kier alpha value is -2.03. The minimum Gasteiger partial charge on any atom is -0.410 e. The number of rotatable bonds is 7. The number of allylic oxidation sites excluding steroid dienone is 2. The van der Waals surface area contributed by atoms with E-state index in [-0.39, 0.29) is 28.0 Å². The van der Waals surface area contributed by atoms with Crippen LogP contribution in [0, 0.1) is 11.2 Å². The Balaban J connectivity index is 2.02. The topological polar surface area (TPSA) is 42.4 Å². The molecule has 2 aliphatic rings. The fourth-order valence-electron chi connectivity index (χ4n) is 6.15. The smallest absolute Gasteiger partial charge is 0.410 e. The van der Waals surface area contributed by atoms with Crippen LogP contribution >= 0.6 is 0 Å². The number of nitrogens with zero attached hydrogens (tertiary/aromatic N) is 1. The Bertz CT molecular complexity index is 1360. The second kappa shape index (κ2) is 11.5. The summed E-state index contributed by atoms with van der Waals surface area (Å²) in [5.74, 6) is -1.47. The SMILES string of the molecule is CCC1(C)Cc2nc(C(C)C)c(C(O)c3ccc(C(F)(F)F)c(F)c3)c(C3=CCCC3)c2C(O[Si](C)(C)C(C)(C)C)C1. The van der Waals surface area contributed by atoms with E-state index >= 15 is 0 Å². The van der Waals surface area contributed by atoms with Crippen molar-refractivity contribution in [3.63, 3.8) is 0 Å². The molecule has 0 radical (unpaired) electrons. The van der Waals surface area contributed by atoms with Crippen LogP contribution in [0.5, 0.6) is 0 Å². The zero-order chi connectivity index (χ0) is 31.4. The van der Waals surface area contributed by atoms with Crippen molar-refractivity contribution >= 4 is 13.9 Å². The number of halogens is 4. The number of aliphatic hydroxyl groups excluding tert-OH is 1. The quantitative estimate of drug-likeness (QED) is 0.252. The van der Waals surface area contributed by atoms with Gasteiger partial charge in [-0.3, -0.25) is 4.98 Å². The van der Waals surface area contributed by atoms with Gasteiger partial charge in [-0.05, 0) is 90.4 Å². The second-order valence-electron chi connectivity index (χ2n) is 14.5. The minimum absolute atomic E-state index is 0.0146. The van der Waals surface area contributed by atoms with Gasteiger partial charge in [0.1, 0.15) is 11.9 Å². The molecule has 4 rings (SSSR count). The van der Waals surface area contributed by atoms with Crippen molar-refractivity contribution in [1.29, 1.82) is 0 Å². The number of alkyl halides is 3. The molecular formula is C34H47F4NO2Si. The average molecular weight is 606 g/mol. The Morgan fingerprint density at radius 3 is 2.33 bits per heavy atom. The average Bonchev–Trinajstić information content (AvgIpc) is 3.40. The van der Waals surface area contributed by atoms with E-state index in [0.717, 1.165) is 73.1 Å². The summed E-state index contributed by atoms with van der Waals surface area (Å²) in [6, 6.07) is 2.73. The van der Waals surface area contributed by atoms with Crippen molar-refractivity contribution in [2.75, 3.05) is 0 Å². The van der Waals surface area contributed by atoms with E-state index in [1.807, 2.05) is 13.8 Å². The van der Waals surface area contributed by atoms with Crippen LogP contribution in [0.25, 0.3) is 5.57 Å². The van der Waals surface area contributed by atoms with Crippen LogP contribution in [0.4, 0.5) is 17.6 Å². The molecule has 1 aromatic carbocycles. The lowest BCUT2D eigenvalue weighted by molar-refractivity contribution is -0.140. The summed E-state index contributed by atoms with van der Waals surface area (Å²) in [5, 5.41) is 11.9. The molecule has 0 aliphatic heterocycles. The van der Waals surface area contributed by atoms with Crippen LogP contribution in [-0.2, 0) is 17.0 Å². The van der Waals surface area contributed by atoms with E-state index in [4.69, 9.17) is 9.41 Å². The first kappa shape index (κ1) is 32.9. The van der Waals surface area contributed by atoms with E-state index in [0.29, 0.717) is 11.3 Å². The van der Waals surface area contributed by atoms with Gasteiger partial charge < -0.3 is 9.53 Å². The van der Waals surface area contributed by atoms with Crippen LogP contribution in [0.15, 0.2) is 24.3 Å². The third-order valence-electron chi connectivity index (χ3n) is 9.87. The molecule has 8 heteroatoms. The third kappa shape index (κ3) is 6.27. The normalized spacial score (nSPS) is 22.4. The van der Waals surface area contributed by atoms with Crippen LogP contribution < -0.4 is 0 Å². The maximum absolute atomic E-state index is 14.8. The van der Waals surface area contributed by atoms with Crippen molar-refractivity contribution in [2.45, 2.75) is 129 Å². The van der Waals surface area contributed by atoms with Crippen LogP contribution in [0.2, 0.25) is 18.1 Å². The second-order valence-corrected chi connectivity index (χ2v) is 19.2. The summed E-state index contributed by atoms with van der Waals surface area (Å²) in [7, 11) is -2.24. The number of fused-ring (bicyclic) bond motifs is 1. The van der Waals surface area contributed by atoms with Gasteiger partial charge in [0.15, 0.2) is 8.32 Å². The van der Waals surface area contributed by atoms with Gasteiger partial charge in [-0.1, -0.05) is 67.0 Å². The molecule has 3 unspecified atom stereocenters. The number of aromatic nitrogens is 1. The Morgan fingerprint density at radius 1 is 1.17 bits per heavy atom. The van der Waals surface area contributed by atoms with Crippen molar-refractivity contribution in [3.05, 3.63) is 69.3 Å². The predicted molar refractivity (Wildman–Crippen MR) is 163 cm³/mol. The van der Waals surface area contributed by atoms with Crippen molar-refractivity contribution in [3.8, 4) is 0 Å². The highest BCUT2D eigenvalue weighted by atomic mass is 28.4. The van der Waals surface area contributed by atoms with E-state index < -0.39 is 32.0 Å². The van der Waals surface area contributed by atoms with E-state index in [1.165, 1.54) is 6.07 Å². The maximum Gasteiger partial charge on any atom is 0.419 e. The molecule has 0 saturated carbocycles. The molecule has 1 aromatic heterocycles. The highest BCUT2D eigenvalue weighted by Gasteiger charge is 2.46. The molecule has 2 aliphatic carbocycles. The summed E-state index contributed by atoms with van der Waals surface area (Å²) in [5.41, 5.74) is 4.01. The van der Waals surface area contributed by atoms with E-state index in [2.05, 4.69) is 53.8 Å². The fourth-order valence-corrected chi connectivity index (χ4v) is 7.42. The number of aliphatic hydroxyl groups is 1. The summed E-state index contributed by atoms with van der Waals surface area (Å²) in [4.78, 5) is 5.23. The molecule has 0 amide bonds. The first-order valence-electron chi connectivity index (χ1n) is 15.3. The summed E-state index contributed by atoms with van der Waals surface area (Å²) in [6.07, 6.45) is 1.09. The van der Waals surface area contributed by atoms with Gasteiger partial charge in [-0.2, -0.15) is 13.2 Å². The number of hydrogen-bond acceptors (Lipinski definition) is 3. The van der Waals surface area contributed by atoms with Crippen LogP contribution in [-0.4, -0.2) is 18.4 Å². The molecule has 232 valence electrons. The van der Waals surface area contributed by atoms with Gasteiger partial charge in [-0.25, -0.2) is 4.39 Å². The van der Waals surface area contributed by atoms with Gasteiger partial charge in [-0.15, -0.1) is 0 Å². The van der Waals surface area contributed by atoms with E-state index in [9.17, 15) is 22.7 Å². The standard InChI is InChI=1S/C34H47F4NO2Si/c1-10-33(7)18-25-28(26(19-33)41-42(8,9)32(4,5)6)27(21-13-11-12-14-21)29(30(39-25)20(2)3)31(40)22-15-16-23(24(35)17-22)34(36,37)38/h13,15-17,20,26,31,40H,10-12,14,18-19H2,1-9H3. The summed E-state index contributed by atoms with van der Waals surface area (Å²) >= 11 is 0. The molecule has 3 nitrogen and oxygen atoms in total. The monoisotopic (exact) mass is 605 g/mol. The molecule has 3 atom stereocenters. The first-order valence-corrected chi connectivity index (χ1v) is 18.2. The highest BCUT2D eigenvalue weighted by Crippen LogP contribution is 2.53. The van der Waals surface area contributed by atoms with Crippen molar-refractivity contribution in [2.24, 2.45) is 5.41 Å². The molecule has 2 aromatic rings. The van der Waals surface area contributed by atoms with Crippen molar-refractivity contribution < 1.29 is 27.1 Å². The highest BCUT2D eigenvalue weighted by molar-refractivity contribution is 6.74. The number of pyridine rings is 1. The number of hydrogen-bond donors (Lipinski definition) is 1. The zero-order valence-corrected chi connectivity index (χ0v) is 27.6. The van der Waals surface area contributed by atoms with Crippen LogP contribution in [0.3, 0.4) is 0 Å². The molecule has 0 bridgehead atoms. The van der Waals surface area contributed by atoms with Gasteiger partial charge in [0, 0.05) is 22.5 Å². The Kier molecular flexibility index (Phi) is 8.98. The molecule has 0 fully saturated rings. The molecule has 1 N–H and O–H groups in total. The number of benzene rings is 1. The molecule has 0 spiro atoms. The largest absolute Gasteiger partial charge is 0.419 e. The predicted octanol–water partition coefficient (Wildman–Crippen LogP) is 10.4. The van der Waals surface area contributed by atoms with Crippen LogP contribution in [0.1, 0.15) is 138 Å². The minimum atomic E-state index is -4.82. The molecule has 42 heavy (non-hydrogen) atoms. The van der Waals surface area contributed by atoms with Gasteiger partial charge in [0.05, 0.1) is 11.7 Å². The molecule has 0 saturated heterocycles. The Labute approximate surface area is 249 Å². The fraction of sp³-hybridized carbons (Fsp3) is 0.618. The van der Waals surface area contributed by atoms with Gasteiger partial charge in [0.25, 0.3) is 0 Å². The van der Waals surface area contributed by atoms with Gasteiger partial charge in [0.2, 0.25) is 0 Å². The zero-order valence-electron chi connectivity index (χ0n) is 26.6. The van der Waals surface area contributed by atoms with E-state index in [1.54, 1.807) is 0 Å². The lowest BCUT2D eigenvalue weighted by atomic mass is 9.69. The van der Waals surface area contributed by atoms with Crippen molar-refractivity contribution in [1.82, 2.24) is 4.98 Å². The van der Waals surface area contributed by atoms with Gasteiger partial charge >= 0.3 is 6.18 Å². The lowest BCUT2D eigenvalue weighted by Crippen LogP contribution is -2.44. The first-order chi connectivity index (χ1) is 19.3. The summed E-state index contributed by atoms with van der Waals surface area (Å²) < 4.78 is 62.0. The maximum atomic E-state index is 14.8.